The highest BCUT2D eigenvalue weighted by molar-refractivity contribution is 6.09. The van der Waals surface area contributed by atoms with Gasteiger partial charge in [-0.3, -0.25) is 0 Å². The van der Waals surface area contributed by atoms with Crippen LogP contribution in [0.15, 0.2) is 60.7 Å². The van der Waals surface area contributed by atoms with Gasteiger partial charge in [0, 0.05) is 47.6 Å². The molecule has 0 atom stereocenters. The van der Waals surface area contributed by atoms with Gasteiger partial charge in [0.2, 0.25) is 0 Å². The molecule has 156 valence electrons. The Hall–Kier alpha value is -3.64. The van der Waals surface area contributed by atoms with Crippen LogP contribution in [0.3, 0.4) is 0 Å². The quantitative estimate of drug-likeness (QED) is 0.417. The van der Waals surface area contributed by atoms with Gasteiger partial charge in [-0.25, -0.2) is 9.78 Å². The highest BCUT2D eigenvalue weighted by Crippen LogP contribution is 2.33. The molecule has 6 nitrogen and oxygen atoms in total. The molecule has 0 aliphatic carbocycles. The summed E-state index contributed by atoms with van der Waals surface area (Å²) in [5, 5.41) is 11.8. The van der Waals surface area contributed by atoms with Gasteiger partial charge in [0.25, 0.3) is 0 Å². The van der Waals surface area contributed by atoms with E-state index in [2.05, 4.69) is 54.0 Å². The van der Waals surface area contributed by atoms with Crippen LogP contribution in [0.4, 0.5) is 0 Å². The second-order valence-corrected chi connectivity index (χ2v) is 7.58. The lowest BCUT2D eigenvalue weighted by Crippen LogP contribution is -2.06. The molecule has 0 aliphatic heterocycles. The molecule has 31 heavy (non-hydrogen) atoms. The van der Waals surface area contributed by atoms with Crippen LogP contribution in [0.1, 0.15) is 17.3 Å². The number of fused-ring (bicyclic) bond motifs is 4. The third kappa shape index (κ3) is 3.07. The summed E-state index contributed by atoms with van der Waals surface area (Å²) >= 11 is 0. The number of imidazole rings is 1. The second-order valence-electron chi connectivity index (χ2n) is 7.58. The van der Waals surface area contributed by atoms with Crippen molar-refractivity contribution in [1.29, 1.82) is 0 Å². The molecule has 1 N–H and O–H groups in total. The van der Waals surface area contributed by atoms with E-state index in [1.807, 2.05) is 4.57 Å². The predicted octanol–water partition coefficient (Wildman–Crippen LogP) is 5.18. The minimum atomic E-state index is -0.947. The van der Waals surface area contributed by atoms with Crippen LogP contribution >= 0.6 is 0 Å². The Morgan fingerprint density at radius 1 is 0.968 bits per heavy atom. The number of para-hydroxylation sites is 1. The van der Waals surface area contributed by atoms with E-state index in [-0.39, 0.29) is 5.56 Å². The number of carboxylic acid groups (broad SMARTS) is 1. The van der Waals surface area contributed by atoms with Crippen molar-refractivity contribution >= 4 is 38.8 Å². The number of carbonyl (C=O) groups is 1. The summed E-state index contributed by atoms with van der Waals surface area (Å²) in [6, 6.07) is 19.9. The Labute approximate surface area is 179 Å². The maximum Gasteiger partial charge on any atom is 0.335 e. The number of aryl methyl sites for hydroxylation is 1. The molecule has 0 unspecified atom stereocenters. The van der Waals surface area contributed by atoms with Gasteiger partial charge >= 0.3 is 5.97 Å². The third-order valence-electron chi connectivity index (χ3n) is 5.86. The molecule has 3 aromatic carbocycles. The van der Waals surface area contributed by atoms with Crippen LogP contribution in [0.2, 0.25) is 0 Å². The number of ether oxygens (including phenoxy) is 1. The Morgan fingerprint density at radius 2 is 1.77 bits per heavy atom. The molecule has 5 rings (SSSR count). The van der Waals surface area contributed by atoms with Crippen molar-refractivity contribution in [3.63, 3.8) is 0 Å². The first-order chi connectivity index (χ1) is 15.1. The first kappa shape index (κ1) is 19.3. The molecule has 0 spiro atoms. The van der Waals surface area contributed by atoms with Crippen LogP contribution in [-0.4, -0.2) is 38.9 Å². The number of benzene rings is 3. The number of methoxy groups -OCH3 is 1. The van der Waals surface area contributed by atoms with Gasteiger partial charge in [-0.05, 0) is 49.4 Å². The molecule has 0 fully saturated rings. The molecule has 5 aromatic rings. The Kier molecular flexibility index (Phi) is 4.71. The molecule has 0 saturated heterocycles. The molecule has 0 bridgehead atoms. The fourth-order valence-corrected chi connectivity index (χ4v) is 4.42. The van der Waals surface area contributed by atoms with Crippen molar-refractivity contribution in [2.24, 2.45) is 0 Å². The average molecular weight is 413 g/mol. The van der Waals surface area contributed by atoms with Gasteiger partial charge < -0.3 is 19.0 Å². The normalized spacial score (nSPS) is 11.7. The number of aromatic nitrogens is 3. The summed E-state index contributed by atoms with van der Waals surface area (Å²) < 4.78 is 9.68. The molecule has 0 aliphatic rings. The maximum atomic E-state index is 11.5. The first-order valence-electron chi connectivity index (χ1n) is 10.4. The van der Waals surface area contributed by atoms with Crippen LogP contribution in [-0.2, 0) is 17.8 Å². The van der Waals surface area contributed by atoms with Gasteiger partial charge in [-0.15, -0.1) is 0 Å². The fourth-order valence-electron chi connectivity index (χ4n) is 4.42. The van der Waals surface area contributed by atoms with E-state index >= 15 is 0 Å². The SMILES string of the molecule is CCn1c2ccccc2c2cc(-c3nc4ccc(C(=O)O)cc4n3CCOC)ccc21. The predicted molar refractivity (Wildman–Crippen MR) is 123 cm³/mol. The van der Waals surface area contributed by atoms with Gasteiger partial charge in [0.15, 0.2) is 0 Å². The largest absolute Gasteiger partial charge is 0.478 e. The van der Waals surface area contributed by atoms with Crippen molar-refractivity contribution in [2.75, 3.05) is 13.7 Å². The summed E-state index contributed by atoms with van der Waals surface area (Å²) in [4.78, 5) is 16.3. The zero-order chi connectivity index (χ0) is 21.5. The van der Waals surface area contributed by atoms with Crippen molar-refractivity contribution in [3.8, 4) is 11.4 Å². The van der Waals surface area contributed by atoms with E-state index in [0.29, 0.717) is 13.2 Å². The van der Waals surface area contributed by atoms with E-state index < -0.39 is 5.97 Å². The van der Waals surface area contributed by atoms with Gasteiger partial charge in [-0.1, -0.05) is 18.2 Å². The summed E-state index contributed by atoms with van der Waals surface area (Å²) in [6.07, 6.45) is 0. The Balaban J connectivity index is 1.76. The van der Waals surface area contributed by atoms with Crippen LogP contribution < -0.4 is 0 Å². The Bertz CT molecular complexity index is 1450. The van der Waals surface area contributed by atoms with Crippen LogP contribution in [0.25, 0.3) is 44.2 Å². The van der Waals surface area contributed by atoms with Crippen molar-refractivity contribution < 1.29 is 14.6 Å². The molecule has 2 heterocycles. The van der Waals surface area contributed by atoms with Crippen molar-refractivity contribution in [1.82, 2.24) is 14.1 Å². The summed E-state index contributed by atoms with van der Waals surface area (Å²) in [5.41, 5.74) is 5.22. The monoisotopic (exact) mass is 413 g/mol. The van der Waals surface area contributed by atoms with E-state index in [4.69, 9.17) is 9.72 Å². The van der Waals surface area contributed by atoms with Gasteiger partial charge in [-0.2, -0.15) is 0 Å². The number of nitrogens with zero attached hydrogens (tertiary/aromatic N) is 3. The highest BCUT2D eigenvalue weighted by Gasteiger charge is 2.17. The fraction of sp³-hybridized carbons (Fsp3) is 0.200. The summed E-state index contributed by atoms with van der Waals surface area (Å²) in [7, 11) is 1.66. The standard InChI is InChI=1S/C25H23N3O3/c1-3-27-21-7-5-4-6-18(21)19-14-16(9-11-22(19)27)24-26-20-10-8-17(25(29)30)15-23(20)28(24)12-13-31-2/h4-11,14-15H,3,12-13H2,1-2H3,(H,29,30). The molecule has 0 amide bonds. The van der Waals surface area contributed by atoms with Crippen molar-refractivity contribution in [2.45, 2.75) is 20.0 Å². The molecule has 6 heteroatoms. The second kappa shape index (κ2) is 7.56. The number of hydrogen-bond acceptors (Lipinski definition) is 3. The number of hydrogen-bond donors (Lipinski definition) is 1. The lowest BCUT2D eigenvalue weighted by atomic mass is 10.1. The van der Waals surface area contributed by atoms with E-state index in [1.54, 1.807) is 25.3 Å². The van der Waals surface area contributed by atoms with Crippen molar-refractivity contribution in [3.05, 3.63) is 66.2 Å². The minimum absolute atomic E-state index is 0.249. The van der Waals surface area contributed by atoms with Crippen LogP contribution in [0.5, 0.6) is 0 Å². The van der Waals surface area contributed by atoms with E-state index in [9.17, 15) is 9.90 Å². The molecule has 0 radical (unpaired) electrons. The number of rotatable bonds is 6. The highest BCUT2D eigenvalue weighted by atomic mass is 16.5. The van der Waals surface area contributed by atoms with Crippen LogP contribution in [0, 0.1) is 0 Å². The zero-order valence-corrected chi connectivity index (χ0v) is 17.5. The third-order valence-corrected chi connectivity index (χ3v) is 5.86. The topological polar surface area (TPSA) is 69.3 Å². The molecule has 0 saturated carbocycles. The first-order valence-corrected chi connectivity index (χ1v) is 10.4. The molecular formula is C25H23N3O3. The van der Waals surface area contributed by atoms with E-state index in [0.717, 1.165) is 29.0 Å². The molecule has 2 aromatic heterocycles. The maximum absolute atomic E-state index is 11.5. The smallest absolute Gasteiger partial charge is 0.335 e. The minimum Gasteiger partial charge on any atom is -0.478 e. The Morgan fingerprint density at radius 3 is 2.55 bits per heavy atom. The zero-order valence-electron chi connectivity index (χ0n) is 17.5. The van der Waals surface area contributed by atoms with E-state index in [1.165, 1.54) is 21.8 Å². The number of aromatic carboxylic acids is 1. The lowest BCUT2D eigenvalue weighted by molar-refractivity contribution is 0.0697. The lowest BCUT2D eigenvalue weighted by Gasteiger charge is -2.10. The summed E-state index contributed by atoms with van der Waals surface area (Å²) in [6.45, 7) is 4.14. The number of carboxylic acids is 1. The van der Waals surface area contributed by atoms with Gasteiger partial charge in [0.1, 0.15) is 5.82 Å². The van der Waals surface area contributed by atoms with Gasteiger partial charge in [0.05, 0.1) is 23.2 Å². The summed E-state index contributed by atoms with van der Waals surface area (Å²) in [5.74, 6) is -0.137. The molecular weight excluding hydrogens is 390 g/mol. The average Bonchev–Trinajstić information content (AvgIpc) is 3.32.